The Labute approximate surface area is 250 Å². The number of benzene rings is 5. The van der Waals surface area contributed by atoms with Crippen molar-refractivity contribution in [3.63, 3.8) is 0 Å². The van der Waals surface area contributed by atoms with E-state index in [9.17, 15) is 13.2 Å². The smallest absolute Gasteiger partial charge is 0.279 e. The van der Waals surface area contributed by atoms with Gasteiger partial charge in [-0.2, -0.15) is 21.6 Å². The van der Waals surface area contributed by atoms with E-state index in [1.807, 2.05) is 0 Å². The lowest BCUT2D eigenvalue weighted by Gasteiger charge is -2.22. The molecule has 220 valence electrons. The minimum atomic E-state index is -5.84. The van der Waals surface area contributed by atoms with Crippen molar-refractivity contribution in [2.75, 3.05) is 0 Å². The van der Waals surface area contributed by atoms with E-state index in [2.05, 4.69) is 136 Å². The Morgan fingerprint density at radius 1 is 0.605 bits per heavy atom. The van der Waals surface area contributed by atoms with Crippen LogP contribution in [0.25, 0.3) is 44.5 Å². The van der Waals surface area contributed by atoms with Gasteiger partial charge in [-0.3, -0.25) is 4.55 Å². The van der Waals surface area contributed by atoms with Gasteiger partial charge in [0.15, 0.2) is 0 Å². The molecule has 0 saturated carbocycles. The second kappa shape index (κ2) is 11.5. The van der Waals surface area contributed by atoms with Gasteiger partial charge in [0.2, 0.25) is 0 Å². The first kappa shape index (κ1) is 30.3. The van der Waals surface area contributed by atoms with Gasteiger partial charge in [0.25, 0.3) is 0 Å². The zero-order chi connectivity index (χ0) is 31.0. The Morgan fingerprint density at radius 2 is 1.09 bits per heavy atom. The van der Waals surface area contributed by atoms with Crippen LogP contribution in [-0.4, -0.2) is 18.5 Å². The zero-order valence-electron chi connectivity index (χ0n) is 24.0. The quantitative estimate of drug-likeness (QED) is 0.162. The van der Waals surface area contributed by atoms with Gasteiger partial charge in [-0.15, -0.1) is 0 Å². The molecule has 0 aliphatic heterocycles. The monoisotopic (exact) mass is 600 g/mol. The van der Waals surface area contributed by atoms with Crippen molar-refractivity contribution in [3.8, 4) is 44.5 Å². The molecule has 1 aliphatic carbocycles. The van der Waals surface area contributed by atoms with E-state index in [1.54, 1.807) is 0 Å². The van der Waals surface area contributed by atoms with Crippen molar-refractivity contribution in [1.29, 1.82) is 0 Å². The van der Waals surface area contributed by atoms with Gasteiger partial charge in [0, 0.05) is 0 Å². The molecule has 0 saturated heterocycles. The summed E-state index contributed by atoms with van der Waals surface area (Å²) in [7, 11) is -5.84. The summed E-state index contributed by atoms with van der Waals surface area (Å²) in [5.41, 5.74) is 9.34. The molecule has 0 heterocycles. The third kappa shape index (κ3) is 6.28. The third-order valence-electron chi connectivity index (χ3n) is 7.59. The molecule has 5 aromatic rings. The van der Waals surface area contributed by atoms with Gasteiger partial charge in [-0.05, 0) is 79.1 Å². The SMILES string of the molecule is CC(C)(C)c1ccc(-c2cc3c(c(-c4ccccc4)c2-c2ccccc2)Cc2ccccc2-3)cc1.O=S(=O)(O)C(F)(F)F. The van der Waals surface area contributed by atoms with Crippen LogP contribution in [0.1, 0.15) is 37.5 Å². The molecule has 5 aromatic carbocycles. The molecule has 0 radical (unpaired) electrons. The number of alkyl halides is 3. The molecular weight excluding hydrogens is 569 g/mol. The van der Waals surface area contributed by atoms with Gasteiger partial charge in [-0.1, -0.05) is 130 Å². The summed E-state index contributed by atoms with van der Waals surface area (Å²) >= 11 is 0. The van der Waals surface area contributed by atoms with E-state index >= 15 is 0 Å². The summed E-state index contributed by atoms with van der Waals surface area (Å²) in [5.74, 6) is 0. The first-order chi connectivity index (χ1) is 20.3. The van der Waals surface area contributed by atoms with Crippen molar-refractivity contribution < 1.29 is 26.1 Å². The predicted molar refractivity (Wildman–Crippen MR) is 167 cm³/mol. The number of halogens is 3. The first-order valence-corrected chi connectivity index (χ1v) is 15.2. The summed E-state index contributed by atoms with van der Waals surface area (Å²) < 4.78 is 57.5. The van der Waals surface area contributed by atoms with E-state index < -0.39 is 15.6 Å². The first-order valence-electron chi connectivity index (χ1n) is 13.8. The lowest BCUT2D eigenvalue weighted by molar-refractivity contribution is -0.0510. The number of hydrogen-bond acceptors (Lipinski definition) is 2. The van der Waals surface area contributed by atoms with Crippen LogP contribution in [0.5, 0.6) is 0 Å². The highest BCUT2D eigenvalue weighted by atomic mass is 32.2. The summed E-state index contributed by atoms with van der Waals surface area (Å²) in [6.45, 7) is 6.83. The molecule has 0 spiro atoms. The fourth-order valence-electron chi connectivity index (χ4n) is 5.48. The summed E-state index contributed by atoms with van der Waals surface area (Å²) in [5, 5.41) is 0. The van der Waals surface area contributed by atoms with E-state index in [0.29, 0.717) is 0 Å². The normalized spacial score (nSPS) is 12.6. The molecule has 6 rings (SSSR count). The molecule has 0 bridgehead atoms. The standard InChI is InChI=1S/C35H30.CHF3O3S/c1-35(2,3)28-20-18-24(19-21-28)30-23-31-29-17-11-10-16-27(29)22-32(31)34(26-14-8-5-9-15-26)33(30)25-12-6-4-7-13-25;2-1(3,4)8(5,6)7/h4-21,23H,22H2,1-3H3;(H,5,6,7). The summed E-state index contributed by atoms with van der Waals surface area (Å²) in [6.07, 6.45) is 0.971. The molecule has 0 aromatic heterocycles. The summed E-state index contributed by atoms with van der Waals surface area (Å²) in [6, 6.07) is 42.4. The average Bonchev–Trinajstić information content (AvgIpc) is 3.34. The highest BCUT2D eigenvalue weighted by Crippen LogP contribution is 2.50. The Bertz CT molecular complexity index is 1860. The maximum atomic E-state index is 10.7. The fourth-order valence-corrected chi connectivity index (χ4v) is 5.48. The Balaban J connectivity index is 0.000000407. The summed E-state index contributed by atoms with van der Waals surface area (Å²) in [4.78, 5) is 0. The Kier molecular flexibility index (Phi) is 8.07. The van der Waals surface area contributed by atoms with E-state index in [0.717, 1.165) is 6.42 Å². The minimum Gasteiger partial charge on any atom is -0.279 e. The van der Waals surface area contributed by atoms with Crippen LogP contribution in [0.3, 0.4) is 0 Å². The van der Waals surface area contributed by atoms with Crippen molar-refractivity contribution in [3.05, 3.63) is 132 Å². The number of rotatable bonds is 3. The van der Waals surface area contributed by atoms with Crippen LogP contribution in [-0.2, 0) is 22.0 Å². The van der Waals surface area contributed by atoms with Crippen molar-refractivity contribution in [1.82, 2.24) is 0 Å². The van der Waals surface area contributed by atoms with Gasteiger partial charge >= 0.3 is 15.6 Å². The van der Waals surface area contributed by atoms with Gasteiger partial charge in [0.05, 0.1) is 0 Å². The second-order valence-corrected chi connectivity index (χ2v) is 12.9. The molecule has 1 aliphatic rings. The van der Waals surface area contributed by atoms with Crippen molar-refractivity contribution in [2.24, 2.45) is 0 Å². The van der Waals surface area contributed by atoms with Crippen molar-refractivity contribution >= 4 is 10.1 Å². The van der Waals surface area contributed by atoms with Crippen molar-refractivity contribution in [2.45, 2.75) is 38.1 Å². The Morgan fingerprint density at radius 3 is 1.60 bits per heavy atom. The van der Waals surface area contributed by atoms with Crippen LogP contribution >= 0.6 is 0 Å². The highest BCUT2D eigenvalue weighted by Gasteiger charge is 2.44. The lowest BCUT2D eigenvalue weighted by atomic mass is 9.81. The highest BCUT2D eigenvalue weighted by molar-refractivity contribution is 7.86. The molecular formula is C36H31F3O3S. The maximum Gasteiger partial charge on any atom is 0.522 e. The van der Waals surface area contributed by atoms with Crippen LogP contribution in [0.2, 0.25) is 0 Å². The topological polar surface area (TPSA) is 54.4 Å². The molecule has 0 fully saturated rings. The van der Waals surface area contributed by atoms with E-state index in [4.69, 9.17) is 13.0 Å². The molecule has 3 nitrogen and oxygen atoms in total. The van der Waals surface area contributed by atoms with Crippen LogP contribution in [0.4, 0.5) is 13.2 Å². The van der Waals surface area contributed by atoms with Gasteiger partial charge in [0.1, 0.15) is 0 Å². The number of fused-ring (bicyclic) bond motifs is 3. The van der Waals surface area contributed by atoms with Crippen LogP contribution in [0, 0.1) is 0 Å². The molecule has 0 amide bonds. The minimum absolute atomic E-state index is 0.132. The largest absolute Gasteiger partial charge is 0.522 e. The van der Waals surface area contributed by atoms with Gasteiger partial charge in [-0.25, -0.2) is 0 Å². The Hall–Kier alpha value is -4.20. The molecule has 1 N–H and O–H groups in total. The predicted octanol–water partition coefficient (Wildman–Crippen LogP) is 9.95. The van der Waals surface area contributed by atoms with E-state index in [1.165, 1.54) is 61.2 Å². The molecule has 0 unspecified atom stereocenters. The zero-order valence-corrected chi connectivity index (χ0v) is 24.8. The third-order valence-corrected chi connectivity index (χ3v) is 8.17. The fraction of sp³-hybridized carbons (Fsp3) is 0.167. The lowest BCUT2D eigenvalue weighted by Crippen LogP contribution is -2.21. The van der Waals surface area contributed by atoms with Gasteiger partial charge < -0.3 is 0 Å². The van der Waals surface area contributed by atoms with Crippen LogP contribution < -0.4 is 0 Å². The van der Waals surface area contributed by atoms with E-state index in [-0.39, 0.29) is 5.41 Å². The maximum absolute atomic E-state index is 10.7. The molecule has 7 heteroatoms. The number of hydrogen-bond donors (Lipinski definition) is 1. The molecule has 43 heavy (non-hydrogen) atoms. The average molecular weight is 601 g/mol. The van der Waals surface area contributed by atoms with Crippen LogP contribution in [0.15, 0.2) is 115 Å². The second-order valence-electron chi connectivity index (χ2n) is 11.5. The molecule has 0 atom stereocenters.